The summed E-state index contributed by atoms with van der Waals surface area (Å²) < 4.78 is 0. The minimum absolute atomic E-state index is 0.338. The SMILES string of the molecule is C[Se+](C)Cc1ccc(Cl)cc1. The van der Waals surface area contributed by atoms with Crippen molar-refractivity contribution >= 4 is 25.5 Å². The Morgan fingerprint density at radius 3 is 2.18 bits per heavy atom. The fourth-order valence-electron chi connectivity index (χ4n) is 0.914. The van der Waals surface area contributed by atoms with Crippen molar-refractivity contribution in [3.8, 4) is 0 Å². The number of rotatable bonds is 2. The van der Waals surface area contributed by atoms with E-state index in [4.69, 9.17) is 11.6 Å². The molecule has 0 aliphatic carbocycles. The van der Waals surface area contributed by atoms with Gasteiger partial charge in [0, 0.05) is 0 Å². The van der Waals surface area contributed by atoms with E-state index in [0.29, 0.717) is 0 Å². The van der Waals surface area contributed by atoms with Gasteiger partial charge in [0.25, 0.3) is 0 Å². The Morgan fingerprint density at radius 2 is 1.73 bits per heavy atom. The van der Waals surface area contributed by atoms with Gasteiger partial charge < -0.3 is 0 Å². The van der Waals surface area contributed by atoms with Gasteiger partial charge in [-0.15, -0.1) is 0 Å². The summed E-state index contributed by atoms with van der Waals surface area (Å²) in [5.41, 5.74) is 1.42. The summed E-state index contributed by atoms with van der Waals surface area (Å²) in [7, 11) is 0. The molecule has 0 fully saturated rings. The molecule has 1 aromatic rings. The van der Waals surface area contributed by atoms with Crippen LogP contribution in [0.3, 0.4) is 0 Å². The van der Waals surface area contributed by atoms with Crippen molar-refractivity contribution in [3.63, 3.8) is 0 Å². The normalized spacial score (nSPS) is 10.5. The molecule has 0 nitrogen and oxygen atoms in total. The molecular formula is C9H12ClSe+. The molecule has 0 unspecified atom stereocenters. The predicted molar refractivity (Wildman–Crippen MR) is 52.6 cm³/mol. The first-order valence-corrected chi connectivity index (χ1v) is 8.48. The van der Waals surface area contributed by atoms with Crippen LogP contribution in [-0.2, 0) is 5.32 Å². The van der Waals surface area contributed by atoms with Crippen LogP contribution < -0.4 is 0 Å². The number of hydrogen-bond donors (Lipinski definition) is 0. The Balaban J connectivity index is 2.66. The maximum absolute atomic E-state index is 5.76. The van der Waals surface area contributed by atoms with E-state index in [1.807, 2.05) is 12.1 Å². The van der Waals surface area contributed by atoms with E-state index in [1.165, 1.54) is 10.9 Å². The molecule has 0 aliphatic rings. The van der Waals surface area contributed by atoms with E-state index in [1.54, 1.807) is 0 Å². The molecule has 0 heterocycles. The van der Waals surface area contributed by atoms with Crippen LogP contribution >= 0.6 is 11.6 Å². The third-order valence-corrected chi connectivity index (χ3v) is 3.53. The van der Waals surface area contributed by atoms with Crippen molar-refractivity contribution < 1.29 is 0 Å². The van der Waals surface area contributed by atoms with Crippen molar-refractivity contribution in [2.24, 2.45) is 0 Å². The van der Waals surface area contributed by atoms with Gasteiger partial charge in [-0.1, -0.05) is 0 Å². The topological polar surface area (TPSA) is 0 Å². The third-order valence-electron chi connectivity index (χ3n) is 1.37. The van der Waals surface area contributed by atoms with Gasteiger partial charge in [-0.25, -0.2) is 0 Å². The molecule has 0 bridgehead atoms. The van der Waals surface area contributed by atoms with E-state index in [0.717, 1.165) is 5.02 Å². The molecule has 1 rings (SSSR count). The van der Waals surface area contributed by atoms with Crippen molar-refractivity contribution in [3.05, 3.63) is 34.9 Å². The van der Waals surface area contributed by atoms with E-state index < -0.39 is 0 Å². The van der Waals surface area contributed by atoms with E-state index in [2.05, 4.69) is 23.8 Å². The average molecular weight is 235 g/mol. The molecular weight excluding hydrogens is 223 g/mol. The number of benzene rings is 1. The van der Waals surface area contributed by atoms with Crippen molar-refractivity contribution in [2.45, 2.75) is 17.0 Å². The molecule has 0 saturated carbocycles. The number of hydrogen-bond acceptors (Lipinski definition) is 0. The van der Waals surface area contributed by atoms with Crippen LogP contribution in [0.4, 0.5) is 0 Å². The number of halogens is 1. The Labute approximate surface area is 77.5 Å². The third kappa shape index (κ3) is 3.29. The minimum atomic E-state index is -0.338. The molecule has 2 heteroatoms. The molecule has 0 saturated heterocycles. The summed E-state index contributed by atoms with van der Waals surface area (Å²) in [5, 5.41) is 2.09. The summed E-state index contributed by atoms with van der Waals surface area (Å²) in [6, 6.07) is 8.16. The second-order valence-corrected chi connectivity index (χ2v) is 7.93. The van der Waals surface area contributed by atoms with Gasteiger partial charge in [-0.3, -0.25) is 0 Å². The zero-order valence-electron chi connectivity index (χ0n) is 6.80. The standard InChI is InChI=1S/C9H12ClSe/c1-11(2)7-8-3-5-9(10)6-4-8/h3-6H,7H2,1-2H3/q+1. The van der Waals surface area contributed by atoms with Gasteiger partial charge >= 0.3 is 77.3 Å². The fourth-order valence-corrected chi connectivity index (χ4v) is 2.84. The zero-order chi connectivity index (χ0) is 8.27. The van der Waals surface area contributed by atoms with Gasteiger partial charge in [0.05, 0.1) is 0 Å². The second-order valence-electron chi connectivity index (χ2n) is 2.76. The second kappa shape index (κ2) is 4.15. The van der Waals surface area contributed by atoms with E-state index >= 15 is 0 Å². The molecule has 0 aromatic heterocycles. The summed E-state index contributed by atoms with van der Waals surface area (Å²) in [4.78, 5) is 0. The molecule has 0 amide bonds. The van der Waals surface area contributed by atoms with Crippen molar-refractivity contribution in [1.82, 2.24) is 0 Å². The molecule has 0 atom stereocenters. The molecule has 0 N–H and O–H groups in total. The van der Waals surface area contributed by atoms with Gasteiger partial charge in [-0.2, -0.15) is 0 Å². The van der Waals surface area contributed by atoms with E-state index in [9.17, 15) is 0 Å². The summed E-state index contributed by atoms with van der Waals surface area (Å²) >= 11 is 5.42. The Kier molecular flexibility index (Phi) is 3.44. The van der Waals surface area contributed by atoms with Crippen molar-refractivity contribution in [1.29, 1.82) is 0 Å². The van der Waals surface area contributed by atoms with Crippen LogP contribution in [0.15, 0.2) is 24.3 Å². The van der Waals surface area contributed by atoms with Crippen LogP contribution in [0.25, 0.3) is 0 Å². The Bertz CT molecular complexity index is 216. The monoisotopic (exact) mass is 235 g/mol. The van der Waals surface area contributed by atoms with Crippen LogP contribution in [0, 0.1) is 0 Å². The van der Waals surface area contributed by atoms with Crippen molar-refractivity contribution in [2.75, 3.05) is 0 Å². The van der Waals surface area contributed by atoms with Gasteiger partial charge in [0.15, 0.2) is 0 Å². The molecule has 0 radical (unpaired) electrons. The van der Waals surface area contributed by atoms with Gasteiger partial charge in [0.1, 0.15) is 0 Å². The van der Waals surface area contributed by atoms with Crippen LogP contribution in [-0.4, -0.2) is 13.9 Å². The van der Waals surface area contributed by atoms with E-state index in [-0.39, 0.29) is 13.9 Å². The summed E-state index contributed by atoms with van der Waals surface area (Å²) in [6.07, 6.45) is 0. The summed E-state index contributed by atoms with van der Waals surface area (Å²) in [6.45, 7) is 0. The molecule has 0 aliphatic heterocycles. The first-order valence-electron chi connectivity index (χ1n) is 3.47. The Hall–Kier alpha value is 0.0295. The fraction of sp³-hybridized carbons (Fsp3) is 0.333. The average Bonchev–Trinajstić information content (AvgIpc) is 1.93. The predicted octanol–water partition coefficient (Wildman–Crippen LogP) is 3.18. The van der Waals surface area contributed by atoms with Gasteiger partial charge in [-0.05, 0) is 0 Å². The quantitative estimate of drug-likeness (QED) is 0.690. The Morgan fingerprint density at radius 1 is 1.18 bits per heavy atom. The first kappa shape index (κ1) is 9.12. The zero-order valence-corrected chi connectivity index (χ0v) is 9.27. The molecule has 0 spiro atoms. The molecule has 11 heavy (non-hydrogen) atoms. The van der Waals surface area contributed by atoms with Crippen LogP contribution in [0.1, 0.15) is 5.56 Å². The van der Waals surface area contributed by atoms with Crippen LogP contribution in [0.2, 0.25) is 16.7 Å². The van der Waals surface area contributed by atoms with Crippen LogP contribution in [0.5, 0.6) is 0 Å². The summed E-state index contributed by atoms with van der Waals surface area (Å²) in [5.74, 6) is 4.68. The molecule has 1 aromatic carbocycles. The van der Waals surface area contributed by atoms with Gasteiger partial charge in [0.2, 0.25) is 0 Å². The maximum atomic E-state index is 5.76. The first-order chi connectivity index (χ1) is 5.18. The molecule has 60 valence electrons.